The number of carbonyl (C=O) groups excluding carboxylic acids is 2. The van der Waals surface area contributed by atoms with Crippen molar-refractivity contribution in [3.8, 4) is 0 Å². The van der Waals surface area contributed by atoms with Crippen molar-refractivity contribution in [3.63, 3.8) is 0 Å². The minimum atomic E-state index is -0.229. The van der Waals surface area contributed by atoms with Crippen molar-refractivity contribution in [2.75, 3.05) is 19.3 Å². The van der Waals surface area contributed by atoms with Gasteiger partial charge in [-0.3, -0.25) is 9.59 Å². The molecule has 5 nitrogen and oxygen atoms in total. The van der Waals surface area contributed by atoms with E-state index >= 15 is 0 Å². The van der Waals surface area contributed by atoms with Crippen LogP contribution in [0, 0.1) is 6.92 Å². The summed E-state index contributed by atoms with van der Waals surface area (Å²) in [4.78, 5) is 25.3. The number of nitrogens with two attached hydrogens (primary N) is 1. The zero-order valence-electron chi connectivity index (χ0n) is 11.3. The summed E-state index contributed by atoms with van der Waals surface area (Å²) in [7, 11) is 1.61. The van der Waals surface area contributed by atoms with Crippen molar-refractivity contribution in [2.24, 2.45) is 0 Å². The van der Waals surface area contributed by atoms with Gasteiger partial charge in [0.25, 0.3) is 5.91 Å². The molecule has 2 amide bonds. The van der Waals surface area contributed by atoms with Gasteiger partial charge in [0, 0.05) is 18.8 Å². The van der Waals surface area contributed by atoms with Crippen LogP contribution in [-0.2, 0) is 4.79 Å². The second-order valence-electron chi connectivity index (χ2n) is 5.09. The zero-order valence-corrected chi connectivity index (χ0v) is 11.3. The van der Waals surface area contributed by atoms with Crippen LogP contribution in [0.25, 0.3) is 0 Å². The van der Waals surface area contributed by atoms with Crippen molar-refractivity contribution >= 4 is 17.5 Å². The number of benzene rings is 1. The van der Waals surface area contributed by atoms with Gasteiger partial charge in [0.05, 0.1) is 12.1 Å². The van der Waals surface area contributed by atoms with E-state index in [4.69, 9.17) is 5.73 Å². The molecule has 0 heterocycles. The van der Waals surface area contributed by atoms with E-state index in [0.29, 0.717) is 17.3 Å². The Bertz CT molecular complexity index is 509. The number of hydrogen-bond acceptors (Lipinski definition) is 3. The monoisotopic (exact) mass is 261 g/mol. The number of hydrogen-bond donors (Lipinski definition) is 2. The van der Waals surface area contributed by atoms with E-state index in [1.54, 1.807) is 19.2 Å². The maximum Gasteiger partial charge on any atom is 0.256 e. The zero-order chi connectivity index (χ0) is 14.0. The Balaban J connectivity index is 2.01. The SMILES string of the molecule is Cc1ccc(N)c(C(=O)N(C)CC(=O)NC2CC2)c1. The third kappa shape index (κ3) is 3.47. The molecule has 1 saturated carbocycles. The predicted molar refractivity (Wildman–Crippen MR) is 73.7 cm³/mol. The predicted octanol–water partition coefficient (Wildman–Crippen LogP) is 0.928. The summed E-state index contributed by atoms with van der Waals surface area (Å²) in [6.07, 6.45) is 2.07. The molecule has 5 heteroatoms. The normalized spacial score (nSPS) is 14.0. The van der Waals surface area contributed by atoms with Gasteiger partial charge in [0.2, 0.25) is 5.91 Å². The maximum atomic E-state index is 12.2. The van der Waals surface area contributed by atoms with Crippen molar-refractivity contribution < 1.29 is 9.59 Å². The lowest BCUT2D eigenvalue weighted by atomic mass is 10.1. The number of aryl methyl sites for hydroxylation is 1. The van der Waals surface area contributed by atoms with Crippen LogP contribution in [0.5, 0.6) is 0 Å². The Kier molecular flexibility index (Phi) is 3.74. The van der Waals surface area contributed by atoms with E-state index in [1.807, 2.05) is 13.0 Å². The number of amides is 2. The van der Waals surface area contributed by atoms with Crippen LogP contribution < -0.4 is 11.1 Å². The lowest BCUT2D eigenvalue weighted by molar-refractivity contribution is -0.121. The second kappa shape index (κ2) is 5.30. The molecular weight excluding hydrogens is 242 g/mol. The van der Waals surface area contributed by atoms with Gasteiger partial charge in [0.1, 0.15) is 0 Å². The average Bonchev–Trinajstić information content (AvgIpc) is 3.15. The third-order valence-electron chi connectivity index (χ3n) is 3.11. The van der Waals surface area contributed by atoms with Crippen molar-refractivity contribution in [1.82, 2.24) is 10.2 Å². The van der Waals surface area contributed by atoms with E-state index < -0.39 is 0 Å². The van der Waals surface area contributed by atoms with E-state index in [-0.39, 0.29) is 18.4 Å². The number of nitrogens with zero attached hydrogens (tertiary/aromatic N) is 1. The standard InChI is InChI=1S/C14H19N3O2/c1-9-3-6-12(15)11(7-9)14(19)17(2)8-13(18)16-10-4-5-10/h3,6-7,10H,4-5,8,15H2,1-2H3,(H,16,18). The van der Waals surface area contributed by atoms with Crippen LogP contribution in [0.15, 0.2) is 18.2 Å². The fourth-order valence-electron chi connectivity index (χ4n) is 1.85. The molecule has 0 unspecified atom stereocenters. The molecule has 2 rings (SSSR count). The van der Waals surface area contributed by atoms with Gasteiger partial charge < -0.3 is 16.0 Å². The van der Waals surface area contributed by atoms with Gasteiger partial charge in [-0.15, -0.1) is 0 Å². The molecule has 1 aliphatic rings. The van der Waals surface area contributed by atoms with Gasteiger partial charge in [0.15, 0.2) is 0 Å². The molecule has 1 aliphatic carbocycles. The molecule has 0 radical (unpaired) electrons. The molecule has 3 N–H and O–H groups in total. The molecule has 0 saturated heterocycles. The summed E-state index contributed by atoms with van der Waals surface area (Å²) in [5, 5.41) is 2.85. The largest absolute Gasteiger partial charge is 0.398 e. The van der Waals surface area contributed by atoms with Gasteiger partial charge in [-0.2, -0.15) is 0 Å². The first kappa shape index (κ1) is 13.4. The number of nitrogen functional groups attached to an aromatic ring is 1. The number of carbonyl (C=O) groups is 2. The first-order valence-corrected chi connectivity index (χ1v) is 6.38. The quantitative estimate of drug-likeness (QED) is 0.792. The first-order valence-electron chi connectivity index (χ1n) is 6.38. The second-order valence-corrected chi connectivity index (χ2v) is 5.09. The molecule has 0 aliphatic heterocycles. The van der Waals surface area contributed by atoms with Crippen LogP contribution in [0.4, 0.5) is 5.69 Å². The highest BCUT2D eigenvalue weighted by Gasteiger charge is 2.24. The number of nitrogens with one attached hydrogen (secondary N) is 1. The summed E-state index contributed by atoms with van der Waals surface area (Å²) in [5.41, 5.74) is 7.65. The van der Waals surface area contributed by atoms with Crippen LogP contribution in [-0.4, -0.2) is 36.3 Å². The first-order chi connectivity index (χ1) is 8.97. The van der Waals surface area contributed by atoms with Gasteiger partial charge in [-0.25, -0.2) is 0 Å². The van der Waals surface area contributed by atoms with Gasteiger partial charge >= 0.3 is 0 Å². The number of anilines is 1. The fraction of sp³-hybridized carbons (Fsp3) is 0.429. The Labute approximate surface area is 112 Å². The average molecular weight is 261 g/mol. The number of rotatable bonds is 4. The molecule has 102 valence electrons. The molecule has 0 atom stereocenters. The maximum absolute atomic E-state index is 12.2. The molecule has 1 aromatic carbocycles. The molecule has 0 aromatic heterocycles. The Morgan fingerprint density at radius 1 is 1.42 bits per heavy atom. The Hall–Kier alpha value is -2.04. The highest BCUT2D eigenvalue weighted by Crippen LogP contribution is 2.19. The smallest absolute Gasteiger partial charge is 0.256 e. The van der Waals surface area contributed by atoms with Crippen molar-refractivity contribution in [2.45, 2.75) is 25.8 Å². The molecule has 0 bridgehead atoms. The summed E-state index contributed by atoms with van der Waals surface area (Å²) in [6, 6.07) is 5.61. The van der Waals surface area contributed by atoms with E-state index in [9.17, 15) is 9.59 Å². The molecule has 19 heavy (non-hydrogen) atoms. The van der Waals surface area contributed by atoms with Crippen LogP contribution in [0.2, 0.25) is 0 Å². The lowest BCUT2D eigenvalue weighted by Gasteiger charge is -2.18. The number of likely N-dealkylation sites (N-methyl/N-ethyl adjacent to an activating group) is 1. The van der Waals surface area contributed by atoms with Gasteiger partial charge in [-0.1, -0.05) is 11.6 Å². The van der Waals surface area contributed by atoms with Crippen LogP contribution >= 0.6 is 0 Å². The topological polar surface area (TPSA) is 75.4 Å². The van der Waals surface area contributed by atoms with Crippen molar-refractivity contribution in [1.29, 1.82) is 0 Å². The fourth-order valence-corrected chi connectivity index (χ4v) is 1.85. The van der Waals surface area contributed by atoms with E-state index in [0.717, 1.165) is 18.4 Å². The third-order valence-corrected chi connectivity index (χ3v) is 3.11. The Morgan fingerprint density at radius 3 is 2.74 bits per heavy atom. The molecule has 0 spiro atoms. The van der Waals surface area contributed by atoms with Crippen molar-refractivity contribution in [3.05, 3.63) is 29.3 Å². The summed E-state index contributed by atoms with van der Waals surface area (Å²) in [5.74, 6) is -0.350. The van der Waals surface area contributed by atoms with Crippen LogP contribution in [0.3, 0.4) is 0 Å². The lowest BCUT2D eigenvalue weighted by Crippen LogP contribution is -2.39. The highest BCUT2D eigenvalue weighted by atomic mass is 16.2. The molecular formula is C14H19N3O2. The minimum absolute atomic E-state index is 0.0582. The molecule has 1 aromatic rings. The molecule has 1 fully saturated rings. The summed E-state index contributed by atoms with van der Waals surface area (Å²) < 4.78 is 0. The van der Waals surface area contributed by atoms with Crippen LogP contribution in [0.1, 0.15) is 28.8 Å². The van der Waals surface area contributed by atoms with Gasteiger partial charge in [-0.05, 0) is 31.9 Å². The van der Waals surface area contributed by atoms with E-state index in [1.165, 1.54) is 4.90 Å². The minimum Gasteiger partial charge on any atom is -0.398 e. The van der Waals surface area contributed by atoms with E-state index in [2.05, 4.69) is 5.32 Å². The highest BCUT2D eigenvalue weighted by molar-refractivity contribution is 6.00. The summed E-state index contributed by atoms with van der Waals surface area (Å²) >= 11 is 0. The Morgan fingerprint density at radius 2 is 2.11 bits per heavy atom. The summed E-state index contributed by atoms with van der Waals surface area (Å²) in [6.45, 7) is 1.96.